The molecule has 9 rings (SSSR count). The van der Waals surface area contributed by atoms with Crippen LogP contribution in [-0.4, -0.2) is 9.55 Å². The van der Waals surface area contributed by atoms with Gasteiger partial charge in [-0.05, 0) is 56.9 Å². The van der Waals surface area contributed by atoms with Crippen molar-refractivity contribution in [2.75, 3.05) is 0 Å². The number of rotatable bonds is 2. The molecule has 2 nitrogen and oxygen atoms in total. The molecule has 9 aromatic rings. The second-order valence-corrected chi connectivity index (χ2v) is 10.8. The van der Waals surface area contributed by atoms with Crippen molar-refractivity contribution in [1.29, 1.82) is 0 Å². The summed E-state index contributed by atoms with van der Waals surface area (Å²) in [5.41, 5.74) is 7.13. The lowest BCUT2D eigenvalue weighted by Gasteiger charge is -2.19. The first-order valence-electron chi connectivity index (χ1n) is 14.1. The van der Waals surface area contributed by atoms with Gasteiger partial charge in [0.2, 0.25) is 0 Å². The molecule has 0 spiro atoms. The Labute approximate surface area is 236 Å². The fourth-order valence-electron chi connectivity index (χ4n) is 6.84. The first-order valence-corrected chi connectivity index (χ1v) is 14.1. The Morgan fingerprint density at radius 3 is 1.83 bits per heavy atom. The standard InChI is InChI=1S/C39H24N2/c1-2-11-27-24-28(20-19-25(27)10-1)36-29-13-3-5-15-31(29)39(32-16-6-4-14-30(32)36)41-34-18-8-7-17-33(34)37-35(41)22-21-26-12-9-23-40-38(26)37/h1-24H. The van der Waals surface area contributed by atoms with Gasteiger partial charge in [0.1, 0.15) is 0 Å². The SMILES string of the molecule is c1ccc2cc(-c3c4ccccc4c(-n4c5ccccc5c5c6ncccc6ccc54)c4ccccc34)ccc2c1. The smallest absolute Gasteiger partial charge is 0.0802 e. The van der Waals surface area contributed by atoms with Crippen LogP contribution in [0.25, 0.3) is 81.8 Å². The molecule has 0 N–H and O–H groups in total. The maximum atomic E-state index is 4.86. The minimum atomic E-state index is 1.04. The molecule has 0 saturated carbocycles. The van der Waals surface area contributed by atoms with Gasteiger partial charge in [-0.2, -0.15) is 0 Å². The van der Waals surface area contributed by atoms with Gasteiger partial charge in [-0.15, -0.1) is 0 Å². The van der Waals surface area contributed by atoms with Crippen molar-refractivity contribution in [3.8, 4) is 16.8 Å². The number of hydrogen-bond acceptors (Lipinski definition) is 1. The van der Waals surface area contributed by atoms with E-state index in [0.29, 0.717) is 0 Å². The maximum absolute atomic E-state index is 4.86. The third-order valence-corrected chi connectivity index (χ3v) is 8.57. The average molecular weight is 521 g/mol. The van der Waals surface area contributed by atoms with Crippen molar-refractivity contribution in [1.82, 2.24) is 9.55 Å². The summed E-state index contributed by atoms with van der Waals surface area (Å²) in [4.78, 5) is 4.86. The van der Waals surface area contributed by atoms with Crippen molar-refractivity contribution in [2.45, 2.75) is 0 Å². The highest BCUT2D eigenvalue weighted by molar-refractivity contribution is 6.24. The number of hydrogen-bond donors (Lipinski definition) is 0. The van der Waals surface area contributed by atoms with E-state index in [0.717, 1.165) is 10.9 Å². The van der Waals surface area contributed by atoms with Gasteiger partial charge in [-0.1, -0.05) is 115 Å². The molecule has 0 aliphatic carbocycles. The number of pyridine rings is 1. The summed E-state index contributed by atoms with van der Waals surface area (Å²) < 4.78 is 2.47. The van der Waals surface area contributed by atoms with Crippen molar-refractivity contribution in [2.24, 2.45) is 0 Å². The highest BCUT2D eigenvalue weighted by atomic mass is 15.0. The van der Waals surface area contributed by atoms with Crippen molar-refractivity contribution >= 4 is 65.0 Å². The second kappa shape index (κ2) is 8.51. The summed E-state index contributed by atoms with van der Waals surface area (Å²) in [7, 11) is 0. The number of benzene rings is 7. The molecule has 0 atom stereocenters. The highest BCUT2D eigenvalue weighted by Crippen LogP contribution is 2.45. The van der Waals surface area contributed by atoms with Gasteiger partial charge in [0.15, 0.2) is 0 Å². The molecule has 0 aliphatic heterocycles. The van der Waals surface area contributed by atoms with Gasteiger partial charge in [-0.3, -0.25) is 4.98 Å². The van der Waals surface area contributed by atoms with Crippen LogP contribution >= 0.6 is 0 Å². The minimum Gasteiger partial charge on any atom is -0.308 e. The fraction of sp³-hybridized carbons (Fsp3) is 0. The molecule has 0 unspecified atom stereocenters. The first kappa shape index (κ1) is 22.4. The number of aromatic nitrogens is 2. The molecule has 0 bridgehead atoms. The van der Waals surface area contributed by atoms with Gasteiger partial charge in [0, 0.05) is 33.1 Å². The summed E-state index contributed by atoms with van der Waals surface area (Å²) in [5, 5.41) is 11.1. The molecule has 2 heteroatoms. The van der Waals surface area contributed by atoms with Crippen LogP contribution in [0.1, 0.15) is 0 Å². The van der Waals surface area contributed by atoms with E-state index in [9.17, 15) is 0 Å². The molecular formula is C39H24N2. The lowest BCUT2D eigenvalue weighted by molar-refractivity contribution is 1.21. The third-order valence-electron chi connectivity index (χ3n) is 8.57. The van der Waals surface area contributed by atoms with Crippen LogP contribution in [0.4, 0.5) is 0 Å². The zero-order chi connectivity index (χ0) is 26.9. The van der Waals surface area contributed by atoms with E-state index in [-0.39, 0.29) is 0 Å². The molecule has 0 aliphatic rings. The molecule has 41 heavy (non-hydrogen) atoms. The lowest BCUT2D eigenvalue weighted by Crippen LogP contribution is -1.99. The quantitative estimate of drug-likeness (QED) is 0.207. The Balaban J connectivity index is 1.48. The van der Waals surface area contributed by atoms with Crippen LogP contribution in [0.15, 0.2) is 146 Å². The van der Waals surface area contributed by atoms with Gasteiger partial charge in [0.25, 0.3) is 0 Å². The van der Waals surface area contributed by atoms with Gasteiger partial charge < -0.3 is 4.57 Å². The monoisotopic (exact) mass is 520 g/mol. The number of fused-ring (bicyclic) bond motifs is 8. The van der Waals surface area contributed by atoms with Crippen LogP contribution < -0.4 is 0 Å². The Morgan fingerprint density at radius 1 is 0.439 bits per heavy atom. The summed E-state index contributed by atoms with van der Waals surface area (Å²) in [6.45, 7) is 0. The maximum Gasteiger partial charge on any atom is 0.0802 e. The molecule has 190 valence electrons. The first-order chi connectivity index (χ1) is 20.4. The molecule has 0 fully saturated rings. The Kier molecular flexibility index (Phi) is 4.64. The van der Waals surface area contributed by atoms with E-state index in [4.69, 9.17) is 4.98 Å². The predicted molar refractivity (Wildman–Crippen MR) is 174 cm³/mol. The summed E-state index contributed by atoms with van der Waals surface area (Å²) >= 11 is 0. The molecule has 2 aromatic heterocycles. The van der Waals surface area contributed by atoms with Gasteiger partial charge >= 0.3 is 0 Å². The van der Waals surface area contributed by atoms with E-state index < -0.39 is 0 Å². The molecule has 2 heterocycles. The van der Waals surface area contributed by atoms with Crippen LogP contribution in [0, 0.1) is 0 Å². The van der Waals surface area contributed by atoms with Crippen LogP contribution in [0.2, 0.25) is 0 Å². The summed E-state index contributed by atoms with van der Waals surface area (Å²) in [5.74, 6) is 0. The average Bonchev–Trinajstić information content (AvgIpc) is 3.38. The summed E-state index contributed by atoms with van der Waals surface area (Å²) in [6.07, 6.45) is 1.90. The second-order valence-electron chi connectivity index (χ2n) is 10.8. The van der Waals surface area contributed by atoms with Gasteiger partial charge in [-0.25, -0.2) is 0 Å². The zero-order valence-corrected chi connectivity index (χ0v) is 22.3. The largest absolute Gasteiger partial charge is 0.308 e. The number of nitrogens with zero attached hydrogens (tertiary/aromatic N) is 2. The van der Waals surface area contributed by atoms with E-state index in [2.05, 4.69) is 138 Å². The Hall–Kier alpha value is -5.47. The van der Waals surface area contributed by atoms with Crippen LogP contribution in [-0.2, 0) is 0 Å². The van der Waals surface area contributed by atoms with Crippen molar-refractivity contribution in [3.05, 3.63) is 146 Å². The van der Waals surface area contributed by atoms with E-state index in [1.807, 2.05) is 12.3 Å². The third kappa shape index (κ3) is 3.16. The molecule has 0 radical (unpaired) electrons. The normalized spacial score (nSPS) is 11.9. The van der Waals surface area contributed by atoms with E-state index in [1.165, 1.54) is 70.9 Å². The van der Waals surface area contributed by atoms with E-state index >= 15 is 0 Å². The fourth-order valence-corrected chi connectivity index (χ4v) is 6.84. The predicted octanol–water partition coefficient (Wildman–Crippen LogP) is 10.5. The topological polar surface area (TPSA) is 17.8 Å². The van der Waals surface area contributed by atoms with Crippen molar-refractivity contribution in [3.63, 3.8) is 0 Å². The highest BCUT2D eigenvalue weighted by Gasteiger charge is 2.21. The minimum absolute atomic E-state index is 1.04. The van der Waals surface area contributed by atoms with Gasteiger partial charge in [0.05, 0.1) is 22.2 Å². The lowest BCUT2D eigenvalue weighted by atomic mass is 9.89. The zero-order valence-electron chi connectivity index (χ0n) is 22.3. The van der Waals surface area contributed by atoms with Crippen molar-refractivity contribution < 1.29 is 0 Å². The molecular weight excluding hydrogens is 496 g/mol. The van der Waals surface area contributed by atoms with Crippen LogP contribution in [0.3, 0.4) is 0 Å². The Bertz CT molecular complexity index is 2420. The van der Waals surface area contributed by atoms with Crippen LogP contribution in [0.5, 0.6) is 0 Å². The molecule has 0 saturated heterocycles. The summed E-state index contributed by atoms with van der Waals surface area (Å²) in [6, 6.07) is 50.6. The molecule has 7 aromatic carbocycles. The number of para-hydroxylation sites is 1. The Morgan fingerprint density at radius 2 is 1.05 bits per heavy atom. The molecule has 0 amide bonds. The van der Waals surface area contributed by atoms with E-state index in [1.54, 1.807) is 0 Å².